The van der Waals surface area contributed by atoms with Gasteiger partial charge < -0.3 is 10.6 Å². The number of aromatic nitrogens is 2. The van der Waals surface area contributed by atoms with Gasteiger partial charge in [-0.25, -0.2) is 23.1 Å². The van der Waals surface area contributed by atoms with Crippen molar-refractivity contribution in [2.45, 2.75) is 11.8 Å². The van der Waals surface area contributed by atoms with Gasteiger partial charge in [0.25, 0.3) is 10.0 Å². The first-order valence-electron chi connectivity index (χ1n) is 8.42. The number of hydrogen-bond donors (Lipinski definition) is 3. The van der Waals surface area contributed by atoms with Gasteiger partial charge in [0.15, 0.2) is 10.9 Å². The Hall–Kier alpha value is -3.37. The second kappa shape index (κ2) is 8.76. The third kappa shape index (κ3) is 5.56. The molecule has 2 aromatic carbocycles. The quantitative estimate of drug-likeness (QED) is 0.406. The van der Waals surface area contributed by atoms with Crippen LogP contribution in [0.15, 0.2) is 71.9 Å². The molecule has 3 aromatic rings. The molecule has 0 aliphatic rings. The van der Waals surface area contributed by atoms with E-state index in [1.54, 1.807) is 42.5 Å². The molecule has 8 nitrogen and oxygen atoms in total. The number of rotatable bonds is 6. The Morgan fingerprint density at radius 2 is 1.41 bits per heavy atom. The number of ketones is 1. The van der Waals surface area contributed by atoms with Crippen LogP contribution in [0.1, 0.15) is 17.3 Å². The molecule has 0 aliphatic heterocycles. The Balaban J connectivity index is 1.62. The van der Waals surface area contributed by atoms with E-state index >= 15 is 0 Å². The van der Waals surface area contributed by atoms with Crippen LogP contribution in [-0.2, 0) is 10.0 Å². The monoisotopic (exact) mass is 427 g/mol. The van der Waals surface area contributed by atoms with Crippen molar-refractivity contribution >= 4 is 50.5 Å². The highest BCUT2D eigenvalue weighted by molar-refractivity contribution is 7.92. The Kier molecular flexibility index (Phi) is 6.15. The molecule has 0 amide bonds. The molecular weight excluding hydrogens is 410 g/mol. The highest BCUT2D eigenvalue weighted by Crippen LogP contribution is 2.17. The Labute approximate surface area is 173 Å². The first-order chi connectivity index (χ1) is 13.8. The summed E-state index contributed by atoms with van der Waals surface area (Å²) in [5, 5.41) is 6.29. The van der Waals surface area contributed by atoms with E-state index in [1.165, 1.54) is 31.5 Å². The lowest BCUT2D eigenvalue weighted by Gasteiger charge is -2.12. The van der Waals surface area contributed by atoms with Gasteiger partial charge in [-0.2, -0.15) is 0 Å². The van der Waals surface area contributed by atoms with Crippen molar-refractivity contribution in [3.05, 3.63) is 72.6 Å². The van der Waals surface area contributed by atoms with Crippen LogP contribution in [0.4, 0.5) is 17.3 Å². The van der Waals surface area contributed by atoms with Crippen molar-refractivity contribution in [3.63, 3.8) is 0 Å². The van der Waals surface area contributed by atoms with E-state index in [-0.39, 0.29) is 16.6 Å². The number of thiocarbonyl (C=S) groups is 1. The molecular formula is C19H17N5O3S2. The van der Waals surface area contributed by atoms with Crippen LogP contribution < -0.4 is 15.4 Å². The number of benzene rings is 2. The van der Waals surface area contributed by atoms with Crippen LogP contribution in [0.25, 0.3) is 0 Å². The topological polar surface area (TPSA) is 113 Å². The van der Waals surface area contributed by atoms with Gasteiger partial charge in [-0.1, -0.05) is 0 Å². The molecule has 1 aromatic heterocycles. The lowest BCUT2D eigenvalue weighted by Crippen LogP contribution is -2.19. The van der Waals surface area contributed by atoms with E-state index in [1.807, 2.05) is 0 Å². The summed E-state index contributed by atoms with van der Waals surface area (Å²) < 4.78 is 27.1. The van der Waals surface area contributed by atoms with E-state index in [4.69, 9.17) is 12.2 Å². The Morgan fingerprint density at radius 3 is 1.93 bits per heavy atom. The predicted molar refractivity (Wildman–Crippen MR) is 116 cm³/mol. The molecule has 0 bridgehead atoms. The van der Waals surface area contributed by atoms with E-state index in [2.05, 4.69) is 25.3 Å². The minimum atomic E-state index is -3.80. The summed E-state index contributed by atoms with van der Waals surface area (Å²) in [6, 6.07) is 14.6. The number of carbonyl (C=O) groups excluding carboxylic acids is 1. The summed E-state index contributed by atoms with van der Waals surface area (Å²) in [7, 11) is -3.80. The number of nitrogens with zero attached hydrogens (tertiary/aromatic N) is 2. The first kappa shape index (κ1) is 20.4. The van der Waals surface area contributed by atoms with E-state index in [0.29, 0.717) is 16.4 Å². The fourth-order valence-corrected chi connectivity index (χ4v) is 3.52. The lowest BCUT2D eigenvalue weighted by molar-refractivity contribution is 0.101. The predicted octanol–water partition coefficient (Wildman–Crippen LogP) is 3.29. The molecule has 10 heteroatoms. The van der Waals surface area contributed by atoms with Gasteiger partial charge in [-0.05, 0) is 73.7 Å². The van der Waals surface area contributed by atoms with Gasteiger partial charge in [-0.3, -0.25) is 4.79 Å². The van der Waals surface area contributed by atoms with Crippen molar-refractivity contribution in [2.75, 3.05) is 15.4 Å². The first-order valence-corrected chi connectivity index (χ1v) is 10.3. The third-order valence-corrected chi connectivity index (χ3v) is 5.31. The van der Waals surface area contributed by atoms with Crippen molar-refractivity contribution < 1.29 is 13.2 Å². The number of carbonyl (C=O) groups is 1. The van der Waals surface area contributed by atoms with Crippen molar-refractivity contribution in [1.29, 1.82) is 0 Å². The third-order valence-electron chi connectivity index (χ3n) is 3.76. The molecule has 1 heterocycles. The molecule has 0 fully saturated rings. The van der Waals surface area contributed by atoms with Gasteiger partial charge >= 0.3 is 0 Å². The van der Waals surface area contributed by atoms with Crippen molar-refractivity contribution in [2.24, 2.45) is 0 Å². The maximum atomic E-state index is 12.4. The number of hydrogen-bond acceptors (Lipinski definition) is 6. The molecule has 0 saturated carbocycles. The molecule has 3 N–H and O–H groups in total. The molecule has 0 unspecified atom stereocenters. The van der Waals surface area contributed by atoms with E-state index in [0.717, 1.165) is 5.69 Å². The zero-order valence-electron chi connectivity index (χ0n) is 15.3. The maximum Gasteiger partial charge on any atom is 0.264 e. The summed E-state index contributed by atoms with van der Waals surface area (Å²) in [6.45, 7) is 1.50. The molecule has 3 rings (SSSR count). The minimum Gasteiger partial charge on any atom is -0.332 e. The number of nitrogens with one attached hydrogen (secondary N) is 3. The number of anilines is 3. The van der Waals surface area contributed by atoms with Crippen LogP contribution >= 0.6 is 12.2 Å². The zero-order valence-corrected chi connectivity index (χ0v) is 16.9. The lowest BCUT2D eigenvalue weighted by atomic mass is 10.1. The molecule has 0 aliphatic carbocycles. The van der Waals surface area contributed by atoms with Crippen LogP contribution in [0.3, 0.4) is 0 Å². The number of Topliss-reactive ketones (excluding diaryl/α,β-unsaturated/α-hetero) is 1. The molecule has 0 atom stereocenters. The summed E-state index contributed by atoms with van der Waals surface area (Å²) in [5.41, 5.74) is 1.94. The summed E-state index contributed by atoms with van der Waals surface area (Å²) >= 11 is 5.26. The van der Waals surface area contributed by atoms with Crippen LogP contribution in [0.5, 0.6) is 0 Å². The average Bonchev–Trinajstić information content (AvgIpc) is 2.69. The van der Waals surface area contributed by atoms with E-state index in [9.17, 15) is 13.2 Å². The summed E-state index contributed by atoms with van der Waals surface area (Å²) in [5.74, 6) is -0.0171. The average molecular weight is 428 g/mol. The SMILES string of the molecule is CC(=O)c1ccc(NC(=S)Nc2ccc(S(=O)(=O)Nc3ncccn3)cc2)cc1. The highest BCUT2D eigenvalue weighted by atomic mass is 32.2. The maximum absolute atomic E-state index is 12.4. The molecule has 0 spiro atoms. The van der Waals surface area contributed by atoms with Crippen molar-refractivity contribution in [1.82, 2.24) is 9.97 Å². The second-order valence-corrected chi connectivity index (χ2v) is 8.01. The van der Waals surface area contributed by atoms with Gasteiger partial charge in [0.2, 0.25) is 5.95 Å². The molecule has 148 valence electrons. The van der Waals surface area contributed by atoms with Gasteiger partial charge in [0.1, 0.15) is 0 Å². The van der Waals surface area contributed by atoms with Gasteiger partial charge in [0.05, 0.1) is 4.90 Å². The molecule has 29 heavy (non-hydrogen) atoms. The fourth-order valence-electron chi connectivity index (χ4n) is 2.33. The Morgan fingerprint density at radius 1 is 0.897 bits per heavy atom. The smallest absolute Gasteiger partial charge is 0.264 e. The van der Waals surface area contributed by atoms with Gasteiger partial charge in [-0.15, -0.1) is 0 Å². The highest BCUT2D eigenvalue weighted by Gasteiger charge is 2.15. The van der Waals surface area contributed by atoms with Crippen molar-refractivity contribution in [3.8, 4) is 0 Å². The van der Waals surface area contributed by atoms with E-state index < -0.39 is 10.0 Å². The Bertz CT molecular complexity index is 1120. The van der Waals surface area contributed by atoms with Crippen LogP contribution in [0.2, 0.25) is 0 Å². The summed E-state index contributed by atoms with van der Waals surface area (Å²) in [6.07, 6.45) is 2.89. The minimum absolute atomic E-state index is 0.00382. The second-order valence-electron chi connectivity index (χ2n) is 5.91. The fraction of sp³-hybridized carbons (Fsp3) is 0.0526. The van der Waals surface area contributed by atoms with Crippen LogP contribution in [-0.4, -0.2) is 29.3 Å². The summed E-state index contributed by atoms with van der Waals surface area (Å²) in [4.78, 5) is 19.1. The normalized spacial score (nSPS) is 10.8. The molecule has 0 saturated heterocycles. The molecule has 0 radical (unpaired) electrons. The van der Waals surface area contributed by atoms with Gasteiger partial charge in [0, 0.05) is 29.3 Å². The zero-order chi connectivity index (χ0) is 20.9. The largest absolute Gasteiger partial charge is 0.332 e. The number of sulfonamides is 1. The van der Waals surface area contributed by atoms with Crippen LogP contribution in [0, 0.1) is 0 Å². The standard InChI is InChI=1S/C19H17N5O3S2/c1-13(25)14-3-5-15(6-4-14)22-19(28)23-16-7-9-17(10-8-16)29(26,27)24-18-20-11-2-12-21-18/h2-12H,1H3,(H,20,21,24)(H2,22,23,28).